The van der Waals surface area contributed by atoms with Crippen molar-refractivity contribution in [3.8, 4) is 0 Å². The summed E-state index contributed by atoms with van der Waals surface area (Å²) in [5.41, 5.74) is 3.10. The summed E-state index contributed by atoms with van der Waals surface area (Å²) in [5, 5.41) is 0. The highest BCUT2D eigenvalue weighted by molar-refractivity contribution is 5.99. The first-order valence-electron chi connectivity index (χ1n) is 10.6. The standard InChI is InChI=1S/C22H32N2O5/c1-5-23-15(3)17(20(16(23)4)21(26)27-6-2)10-11-19(25)24-12-8-7-9-18(24)22-28-13-14-29-22/h10-11,18,22H,5-9,12-14H2,1-4H3/b11-10+. The van der Waals surface area contributed by atoms with Crippen molar-refractivity contribution in [1.29, 1.82) is 0 Å². The average molecular weight is 405 g/mol. The summed E-state index contributed by atoms with van der Waals surface area (Å²) in [6.45, 7) is 10.6. The number of piperidine rings is 1. The second-order valence-electron chi connectivity index (χ2n) is 7.46. The van der Waals surface area contributed by atoms with Crippen LogP contribution in [0.25, 0.3) is 6.08 Å². The molecule has 0 spiro atoms. The number of aromatic nitrogens is 1. The number of hydrogen-bond donors (Lipinski definition) is 0. The summed E-state index contributed by atoms with van der Waals surface area (Å²) < 4.78 is 18.6. The fraction of sp³-hybridized carbons (Fsp3) is 0.636. The summed E-state index contributed by atoms with van der Waals surface area (Å²) in [4.78, 5) is 27.4. The van der Waals surface area contributed by atoms with Gasteiger partial charge in [-0.2, -0.15) is 0 Å². The summed E-state index contributed by atoms with van der Waals surface area (Å²) in [6, 6.07) is -0.0593. The van der Waals surface area contributed by atoms with Crippen molar-refractivity contribution in [3.05, 3.63) is 28.6 Å². The van der Waals surface area contributed by atoms with Gasteiger partial charge in [0.05, 0.1) is 31.4 Å². The summed E-state index contributed by atoms with van der Waals surface area (Å²) in [7, 11) is 0. The molecule has 2 aliphatic rings. The lowest BCUT2D eigenvalue weighted by atomic mass is 10.0. The van der Waals surface area contributed by atoms with E-state index in [1.165, 1.54) is 0 Å². The van der Waals surface area contributed by atoms with Crippen molar-refractivity contribution < 1.29 is 23.8 Å². The number of nitrogens with zero attached hydrogens (tertiary/aromatic N) is 2. The van der Waals surface area contributed by atoms with E-state index in [0.717, 1.165) is 42.8 Å². The Bertz CT molecular complexity index is 777. The highest BCUT2D eigenvalue weighted by Gasteiger charge is 2.35. The molecule has 1 atom stereocenters. The van der Waals surface area contributed by atoms with E-state index in [1.54, 1.807) is 19.1 Å². The lowest BCUT2D eigenvalue weighted by molar-refractivity contribution is -0.145. The van der Waals surface area contributed by atoms with Gasteiger partial charge in [0, 0.05) is 36.1 Å². The number of amides is 1. The van der Waals surface area contributed by atoms with E-state index in [2.05, 4.69) is 4.57 Å². The summed E-state index contributed by atoms with van der Waals surface area (Å²) in [5.74, 6) is -0.430. The first-order valence-corrected chi connectivity index (χ1v) is 10.6. The quantitative estimate of drug-likeness (QED) is 0.538. The predicted octanol–water partition coefficient (Wildman–Crippen LogP) is 3.07. The Hall–Kier alpha value is -2.12. The number of carbonyl (C=O) groups excluding carboxylic acids is 2. The monoisotopic (exact) mass is 404 g/mol. The average Bonchev–Trinajstić information content (AvgIpc) is 3.33. The third kappa shape index (κ3) is 4.41. The van der Waals surface area contributed by atoms with Gasteiger partial charge in [-0.25, -0.2) is 4.79 Å². The van der Waals surface area contributed by atoms with Crippen molar-refractivity contribution in [2.24, 2.45) is 0 Å². The molecule has 1 amide bonds. The minimum absolute atomic E-state index is 0.0593. The van der Waals surface area contributed by atoms with Gasteiger partial charge in [-0.1, -0.05) is 0 Å². The molecule has 2 fully saturated rings. The van der Waals surface area contributed by atoms with Crippen LogP contribution in [0.4, 0.5) is 0 Å². The lowest BCUT2D eigenvalue weighted by Gasteiger charge is -2.37. The van der Waals surface area contributed by atoms with Crippen molar-refractivity contribution in [2.45, 2.75) is 65.8 Å². The van der Waals surface area contributed by atoms with Crippen LogP contribution < -0.4 is 0 Å². The van der Waals surface area contributed by atoms with E-state index in [1.807, 2.05) is 25.7 Å². The van der Waals surface area contributed by atoms with Crippen molar-refractivity contribution in [1.82, 2.24) is 9.47 Å². The van der Waals surface area contributed by atoms with Crippen LogP contribution in [0, 0.1) is 13.8 Å². The highest BCUT2D eigenvalue weighted by Crippen LogP contribution is 2.27. The fourth-order valence-corrected chi connectivity index (χ4v) is 4.41. The van der Waals surface area contributed by atoms with Gasteiger partial charge in [0.1, 0.15) is 0 Å². The molecular weight excluding hydrogens is 372 g/mol. The number of hydrogen-bond acceptors (Lipinski definition) is 5. The Balaban J connectivity index is 1.86. The lowest BCUT2D eigenvalue weighted by Crippen LogP contribution is -2.49. The van der Waals surface area contributed by atoms with Crippen LogP contribution in [0.15, 0.2) is 6.08 Å². The third-order valence-electron chi connectivity index (χ3n) is 5.81. The van der Waals surface area contributed by atoms with Crippen LogP contribution >= 0.6 is 0 Å². The zero-order chi connectivity index (χ0) is 21.0. The summed E-state index contributed by atoms with van der Waals surface area (Å²) in [6.07, 6.45) is 5.90. The van der Waals surface area contributed by atoms with Gasteiger partial charge in [0.2, 0.25) is 5.91 Å². The molecule has 7 heteroatoms. The smallest absolute Gasteiger partial charge is 0.340 e. The van der Waals surface area contributed by atoms with Gasteiger partial charge in [0.25, 0.3) is 0 Å². The van der Waals surface area contributed by atoms with Crippen molar-refractivity contribution in [2.75, 3.05) is 26.4 Å². The zero-order valence-electron chi connectivity index (χ0n) is 17.9. The maximum atomic E-state index is 13.0. The fourth-order valence-electron chi connectivity index (χ4n) is 4.41. The molecule has 0 bridgehead atoms. The Morgan fingerprint density at radius 1 is 1.14 bits per heavy atom. The molecule has 160 valence electrons. The molecule has 7 nitrogen and oxygen atoms in total. The number of likely N-dealkylation sites (tertiary alicyclic amines) is 1. The van der Waals surface area contributed by atoms with Crippen LogP contribution in [-0.2, 0) is 25.5 Å². The number of ether oxygens (including phenoxy) is 3. The highest BCUT2D eigenvalue weighted by atomic mass is 16.7. The Morgan fingerprint density at radius 3 is 2.52 bits per heavy atom. The van der Waals surface area contributed by atoms with Gasteiger partial charge >= 0.3 is 5.97 Å². The number of carbonyl (C=O) groups is 2. The Kier molecular flexibility index (Phi) is 7.14. The van der Waals surface area contributed by atoms with E-state index < -0.39 is 0 Å². The van der Waals surface area contributed by atoms with Gasteiger partial charge in [-0.05, 0) is 53.0 Å². The molecule has 0 aliphatic carbocycles. The minimum atomic E-state index is -0.351. The van der Waals surface area contributed by atoms with Crippen molar-refractivity contribution in [3.63, 3.8) is 0 Å². The van der Waals surface area contributed by atoms with Crippen LogP contribution in [-0.4, -0.2) is 60.0 Å². The first kappa shape index (κ1) is 21.6. The topological polar surface area (TPSA) is 70.0 Å². The minimum Gasteiger partial charge on any atom is -0.462 e. The molecule has 0 saturated carbocycles. The second-order valence-corrected chi connectivity index (χ2v) is 7.46. The Labute approximate surface area is 172 Å². The molecule has 1 aromatic rings. The van der Waals surface area contributed by atoms with E-state index in [-0.39, 0.29) is 24.2 Å². The van der Waals surface area contributed by atoms with E-state index in [4.69, 9.17) is 14.2 Å². The largest absolute Gasteiger partial charge is 0.462 e. The Morgan fingerprint density at radius 2 is 1.86 bits per heavy atom. The van der Waals surface area contributed by atoms with Crippen LogP contribution in [0.1, 0.15) is 60.4 Å². The van der Waals surface area contributed by atoms with E-state index >= 15 is 0 Å². The normalized spacial score (nSPS) is 20.6. The second kappa shape index (κ2) is 9.59. The van der Waals surface area contributed by atoms with E-state index in [0.29, 0.717) is 31.9 Å². The maximum absolute atomic E-state index is 13.0. The molecule has 3 rings (SSSR count). The zero-order valence-corrected chi connectivity index (χ0v) is 17.9. The van der Waals surface area contributed by atoms with Crippen LogP contribution in [0.3, 0.4) is 0 Å². The molecule has 2 saturated heterocycles. The molecule has 1 aromatic heterocycles. The van der Waals surface area contributed by atoms with Gasteiger partial charge < -0.3 is 23.7 Å². The number of esters is 1. The van der Waals surface area contributed by atoms with E-state index in [9.17, 15) is 9.59 Å². The van der Waals surface area contributed by atoms with Crippen LogP contribution in [0.5, 0.6) is 0 Å². The van der Waals surface area contributed by atoms with Crippen molar-refractivity contribution >= 4 is 18.0 Å². The molecule has 3 heterocycles. The number of rotatable bonds is 6. The van der Waals surface area contributed by atoms with Crippen LogP contribution in [0.2, 0.25) is 0 Å². The third-order valence-corrected chi connectivity index (χ3v) is 5.81. The molecule has 0 radical (unpaired) electrons. The SMILES string of the molecule is CCOC(=O)c1c(/C=C/C(=O)N2CCCCC2C2OCCO2)c(C)n(CC)c1C. The van der Waals surface area contributed by atoms with Gasteiger partial charge in [-0.3, -0.25) is 4.79 Å². The van der Waals surface area contributed by atoms with Gasteiger partial charge in [-0.15, -0.1) is 0 Å². The predicted molar refractivity (Wildman–Crippen MR) is 110 cm³/mol. The molecule has 29 heavy (non-hydrogen) atoms. The van der Waals surface area contributed by atoms with Gasteiger partial charge in [0.15, 0.2) is 6.29 Å². The maximum Gasteiger partial charge on any atom is 0.340 e. The molecular formula is C22H32N2O5. The first-order chi connectivity index (χ1) is 14.0. The molecule has 1 unspecified atom stereocenters. The summed E-state index contributed by atoms with van der Waals surface area (Å²) >= 11 is 0. The molecule has 2 aliphatic heterocycles. The molecule has 0 N–H and O–H groups in total. The molecule has 0 aromatic carbocycles.